The van der Waals surface area contributed by atoms with Crippen molar-refractivity contribution in [1.29, 1.82) is 0 Å². The zero-order valence-electron chi connectivity index (χ0n) is 16.2. The summed E-state index contributed by atoms with van der Waals surface area (Å²) in [6, 6.07) is 5.56. The van der Waals surface area contributed by atoms with Crippen molar-refractivity contribution in [3.8, 4) is 22.4 Å². The molecule has 3 aromatic rings. The van der Waals surface area contributed by atoms with Crippen molar-refractivity contribution < 1.29 is 8.42 Å². The first kappa shape index (κ1) is 19.7. The number of rotatable bonds is 5. The molecule has 0 saturated carbocycles. The molecule has 0 radical (unpaired) electrons. The number of nitrogen functional groups attached to an aromatic ring is 1. The number of nitrogens with zero attached hydrogens (tertiary/aromatic N) is 4. The van der Waals surface area contributed by atoms with E-state index >= 15 is 0 Å². The summed E-state index contributed by atoms with van der Waals surface area (Å²) < 4.78 is 25.9. The predicted molar refractivity (Wildman–Crippen MR) is 110 cm³/mol. The summed E-state index contributed by atoms with van der Waals surface area (Å²) in [5, 5.41) is 0. The standard InChI is InChI=1S/C19H22N6O2S/c1-5-15-17(14-8-16(12(3)22-10-14)25-28(4,26)27)18(24-19(20)23-15)13-7-6-11(2)21-9-13/h6-10,25H,5H2,1-4H3,(H2,20,23,24). The zero-order valence-corrected chi connectivity index (χ0v) is 17.0. The minimum atomic E-state index is -3.44. The third kappa shape index (κ3) is 4.25. The second kappa shape index (κ2) is 7.51. The van der Waals surface area contributed by atoms with Crippen LogP contribution in [0.2, 0.25) is 0 Å². The number of aromatic nitrogens is 4. The van der Waals surface area contributed by atoms with E-state index < -0.39 is 10.0 Å². The van der Waals surface area contributed by atoms with Crippen LogP contribution in [-0.4, -0.2) is 34.6 Å². The van der Waals surface area contributed by atoms with Gasteiger partial charge < -0.3 is 5.73 Å². The van der Waals surface area contributed by atoms with Crippen LogP contribution in [0.5, 0.6) is 0 Å². The molecule has 0 aliphatic carbocycles. The van der Waals surface area contributed by atoms with Gasteiger partial charge in [-0.25, -0.2) is 18.4 Å². The fourth-order valence-corrected chi connectivity index (χ4v) is 3.48. The first-order valence-electron chi connectivity index (χ1n) is 8.72. The van der Waals surface area contributed by atoms with Gasteiger partial charge in [-0.3, -0.25) is 14.7 Å². The van der Waals surface area contributed by atoms with Gasteiger partial charge in [0.05, 0.1) is 29.0 Å². The van der Waals surface area contributed by atoms with Crippen molar-refractivity contribution >= 4 is 21.7 Å². The van der Waals surface area contributed by atoms with Crippen LogP contribution in [0, 0.1) is 13.8 Å². The molecule has 0 spiro atoms. The van der Waals surface area contributed by atoms with Gasteiger partial charge >= 0.3 is 0 Å². The highest BCUT2D eigenvalue weighted by Gasteiger charge is 2.18. The van der Waals surface area contributed by atoms with Crippen LogP contribution in [0.1, 0.15) is 24.0 Å². The second-order valence-electron chi connectivity index (χ2n) is 6.53. The van der Waals surface area contributed by atoms with Gasteiger partial charge in [0, 0.05) is 34.8 Å². The fraction of sp³-hybridized carbons (Fsp3) is 0.263. The van der Waals surface area contributed by atoms with Gasteiger partial charge in [-0.1, -0.05) is 6.92 Å². The van der Waals surface area contributed by atoms with Gasteiger partial charge in [0.15, 0.2) is 0 Å². The molecular weight excluding hydrogens is 376 g/mol. The highest BCUT2D eigenvalue weighted by Crippen LogP contribution is 2.35. The molecule has 0 saturated heterocycles. The summed E-state index contributed by atoms with van der Waals surface area (Å²) in [6.07, 6.45) is 5.14. The van der Waals surface area contributed by atoms with E-state index in [1.165, 1.54) is 0 Å². The van der Waals surface area contributed by atoms with Crippen LogP contribution in [0.15, 0.2) is 30.6 Å². The average molecular weight is 398 g/mol. The number of anilines is 2. The summed E-state index contributed by atoms with van der Waals surface area (Å²) in [6.45, 7) is 5.62. The van der Waals surface area contributed by atoms with Crippen LogP contribution in [-0.2, 0) is 16.4 Å². The number of nitrogens with two attached hydrogens (primary N) is 1. The first-order chi connectivity index (χ1) is 13.2. The summed E-state index contributed by atoms with van der Waals surface area (Å²) in [5.41, 5.74) is 11.4. The van der Waals surface area contributed by atoms with E-state index in [1.807, 2.05) is 26.0 Å². The van der Waals surface area contributed by atoms with Crippen molar-refractivity contribution in [2.75, 3.05) is 16.7 Å². The van der Waals surface area contributed by atoms with E-state index in [4.69, 9.17) is 5.73 Å². The molecule has 3 N–H and O–H groups in total. The molecule has 0 fully saturated rings. The van der Waals surface area contributed by atoms with Crippen molar-refractivity contribution in [3.63, 3.8) is 0 Å². The molecule has 3 aromatic heterocycles. The largest absolute Gasteiger partial charge is 0.368 e. The Morgan fingerprint density at radius 3 is 2.39 bits per heavy atom. The molecule has 0 atom stereocenters. The SMILES string of the molecule is CCc1nc(N)nc(-c2ccc(C)nc2)c1-c1cnc(C)c(NS(C)(=O)=O)c1. The average Bonchev–Trinajstić information content (AvgIpc) is 2.62. The van der Waals surface area contributed by atoms with E-state index in [0.717, 1.165) is 28.8 Å². The van der Waals surface area contributed by atoms with Crippen molar-refractivity contribution in [3.05, 3.63) is 47.7 Å². The Labute approximate surface area is 164 Å². The van der Waals surface area contributed by atoms with Gasteiger partial charge in [0.2, 0.25) is 16.0 Å². The lowest BCUT2D eigenvalue weighted by Gasteiger charge is -2.15. The van der Waals surface area contributed by atoms with Gasteiger partial charge in [-0.15, -0.1) is 0 Å². The monoisotopic (exact) mass is 398 g/mol. The molecule has 0 aliphatic rings. The minimum absolute atomic E-state index is 0.172. The molecule has 0 amide bonds. The highest BCUT2D eigenvalue weighted by atomic mass is 32.2. The number of hydrogen-bond acceptors (Lipinski definition) is 7. The quantitative estimate of drug-likeness (QED) is 0.677. The topological polar surface area (TPSA) is 124 Å². The predicted octanol–water partition coefficient (Wildman–Crippen LogP) is 2.73. The third-order valence-corrected chi connectivity index (χ3v) is 4.78. The lowest BCUT2D eigenvalue weighted by atomic mass is 9.98. The van der Waals surface area contributed by atoms with Gasteiger partial charge in [0.25, 0.3) is 0 Å². The zero-order chi connectivity index (χ0) is 20.5. The lowest BCUT2D eigenvalue weighted by Crippen LogP contribution is -2.11. The van der Waals surface area contributed by atoms with Gasteiger partial charge in [-0.05, 0) is 38.5 Å². The van der Waals surface area contributed by atoms with E-state index in [1.54, 1.807) is 25.4 Å². The molecule has 3 rings (SSSR count). The van der Waals surface area contributed by atoms with E-state index in [2.05, 4.69) is 24.7 Å². The summed E-state index contributed by atoms with van der Waals surface area (Å²) in [7, 11) is -3.44. The van der Waals surface area contributed by atoms with Crippen LogP contribution in [0.3, 0.4) is 0 Å². The molecule has 0 aliphatic heterocycles. The number of aryl methyl sites for hydroxylation is 3. The molecule has 0 aromatic carbocycles. The van der Waals surface area contributed by atoms with E-state index in [9.17, 15) is 8.42 Å². The molecule has 146 valence electrons. The Hall–Kier alpha value is -3.07. The second-order valence-corrected chi connectivity index (χ2v) is 8.27. The molecule has 8 nitrogen and oxygen atoms in total. The maximum atomic E-state index is 11.7. The molecule has 9 heteroatoms. The van der Waals surface area contributed by atoms with E-state index in [0.29, 0.717) is 29.1 Å². The molecular formula is C19H22N6O2S. The van der Waals surface area contributed by atoms with Crippen molar-refractivity contribution in [1.82, 2.24) is 19.9 Å². The lowest BCUT2D eigenvalue weighted by molar-refractivity contribution is 0.606. The maximum absolute atomic E-state index is 11.7. The molecule has 28 heavy (non-hydrogen) atoms. The van der Waals surface area contributed by atoms with Crippen LogP contribution < -0.4 is 10.5 Å². The number of sulfonamides is 1. The Kier molecular flexibility index (Phi) is 5.28. The van der Waals surface area contributed by atoms with E-state index in [-0.39, 0.29) is 5.95 Å². The Morgan fingerprint density at radius 2 is 1.79 bits per heavy atom. The highest BCUT2D eigenvalue weighted by molar-refractivity contribution is 7.92. The smallest absolute Gasteiger partial charge is 0.229 e. The molecule has 0 unspecified atom stereocenters. The Bertz CT molecular complexity index is 1130. The third-order valence-electron chi connectivity index (χ3n) is 4.19. The molecule has 3 heterocycles. The van der Waals surface area contributed by atoms with Crippen molar-refractivity contribution in [2.24, 2.45) is 0 Å². The van der Waals surface area contributed by atoms with Gasteiger partial charge in [0.1, 0.15) is 0 Å². The summed E-state index contributed by atoms with van der Waals surface area (Å²) in [5.74, 6) is 0.172. The summed E-state index contributed by atoms with van der Waals surface area (Å²) in [4.78, 5) is 17.5. The summed E-state index contributed by atoms with van der Waals surface area (Å²) >= 11 is 0. The van der Waals surface area contributed by atoms with Crippen LogP contribution in [0.25, 0.3) is 22.4 Å². The Morgan fingerprint density at radius 1 is 1.07 bits per heavy atom. The fourth-order valence-electron chi connectivity index (χ4n) is 2.88. The number of hydrogen-bond donors (Lipinski definition) is 2. The van der Waals surface area contributed by atoms with Gasteiger partial charge in [-0.2, -0.15) is 0 Å². The maximum Gasteiger partial charge on any atom is 0.229 e. The number of nitrogens with one attached hydrogen (secondary N) is 1. The first-order valence-corrected chi connectivity index (χ1v) is 10.6. The minimum Gasteiger partial charge on any atom is -0.368 e. The van der Waals surface area contributed by atoms with Crippen molar-refractivity contribution in [2.45, 2.75) is 27.2 Å². The molecule has 0 bridgehead atoms. The Balaban J connectivity index is 2.26. The number of pyridine rings is 2. The van der Waals surface area contributed by atoms with Crippen LogP contribution in [0.4, 0.5) is 11.6 Å². The van der Waals surface area contributed by atoms with Crippen LogP contribution >= 0.6 is 0 Å². The normalized spacial score (nSPS) is 11.4.